The Morgan fingerprint density at radius 1 is 1.34 bits per heavy atom. The van der Waals surface area contributed by atoms with Crippen LogP contribution in [0.3, 0.4) is 0 Å². The van der Waals surface area contributed by atoms with E-state index in [1.807, 2.05) is 13.8 Å². The van der Waals surface area contributed by atoms with Gasteiger partial charge in [-0.15, -0.1) is 5.10 Å². The van der Waals surface area contributed by atoms with Crippen LogP contribution in [0.1, 0.15) is 31.7 Å². The van der Waals surface area contributed by atoms with Crippen molar-refractivity contribution in [3.05, 3.63) is 41.5 Å². The van der Waals surface area contributed by atoms with Gasteiger partial charge in [0.1, 0.15) is 17.7 Å². The minimum absolute atomic E-state index is 0.103. The lowest BCUT2D eigenvalue weighted by molar-refractivity contribution is -0.129. The molecule has 1 aliphatic heterocycles. The Morgan fingerprint density at radius 2 is 2.14 bits per heavy atom. The predicted molar refractivity (Wildman–Crippen MR) is 102 cm³/mol. The van der Waals surface area contributed by atoms with Gasteiger partial charge in [0.2, 0.25) is 11.9 Å². The van der Waals surface area contributed by atoms with Crippen LogP contribution >= 0.6 is 0 Å². The zero-order valence-electron chi connectivity index (χ0n) is 16.2. The van der Waals surface area contributed by atoms with E-state index >= 15 is 0 Å². The van der Waals surface area contributed by atoms with E-state index in [9.17, 15) is 18.8 Å². The van der Waals surface area contributed by atoms with Crippen LogP contribution in [0, 0.1) is 11.7 Å². The Kier molecular flexibility index (Phi) is 6.20. The fraction of sp³-hybridized carbons (Fsp3) is 0.421. The normalized spacial score (nSPS) is 16.4. The number of hydrogen-bond donors (Lipinski definition) is 3. The highest BCUT2D eigenvalue weighted by atomic mass is 19.1. The molecule has 0 spiro atoms. The molecule has 29 heavy (non-hydrogen) atoms. The molecule has 1 saturated heterocycles. The molecule has 0 saturated carbocycles. The first-order valence-electron chi connectivity index (χ1n) is 9.39. The molecular formula is C19H23FN6O3. The minimum atomic E-state index is -0.955. The number of aromatic amines is 1. The average Bonchev–Trinajstić information content (AvgIpc) is 3.17. The molecule has 0 bridgehead atoms. The number of carbonyl (C=O) groups is 3. The van der Waals surface area contributed by atoms with Crippen LogP contribution in [0.2, 0.25) is 0 Å². The zero-order valence-corrected chi connectivity index (χ0v) is 16.2. The molecule has 3 rings (SSSR count). The Labute approximate surface area is 167 Å². The van der Waals surface area contributed by atoms with E-state index in [-0.39, 0.29) is 24.7 Å². The van der Waals surface area contributed by atoms with E-state index in [4.69, 9.17) is 0 Å². The lowest BCUT2D eigenvalue weighted by Gasteiger charge is -2.13. The maximum absolute atomic E-state index is 13.3. The quantitative estimate of drug-likeness (QED) is 0.580. The number of amides is 4. The summed E-state index contributed by atoms with van der Waals surface area (Å²) in [4.78, 5) is 42.0. The molecule has 0 aliphatic carbocycles. The number of H-pyrrole nitrogens is 1. The maximum Gasteiger partial charge on any atom is 0.324 e. The molecule has 10 heteroatoms. The van der Waals surface area contributed by atoms with Gasteiger partial charge in [0.25, 0.3) is 5.91 Å². The number of benzene rings is 1. The molecule has 1 atom stereocenters. The molecule has 2 aromatic rings. The Bertz CT molecular complexity index is 913. The summed E-state index contributed by atoms with van der Waals surface area (Å²) in [6.45, 7) is 4.18. The molecule has 2 heterocycles. The topological polar surface area (TPSA) is 120 Å². The number of hydrogen-bond acceptors (Lipinski definition) is 5. The number of imide groups is 1. The highest BCUT2D eigenvalue weighted by Crippen LogP contribution is 2.13. The van der Waals surface area contributed by atoms with Gasteiger partial charge < -0.3 is 5.32 Å². The third-order valence-corrected chi connectivity index (χ3v) is 4.39. The van der Waals surface area contributed by atoms with Crippen molar-refractivity contribution >= 4 is 23.8 Å². The monoisotopic (exact) mass is 402 g/mol. The number of rotatable bonds is 8. The van der Waals surface area contributed by atoms with Crippen molar-refractivity contribution in [3.63, 3.8) is 0 Å². The third-order valence-electron chi connectivity index (χ3n) is 4.39. The first-order chi connectivity index (χ1) is 13.8. The molecule has 1 aliphatic rings. The lowest BCUT2D eigenvalue weighted by Crippen LogP contribution is -2.35. The Balaban J connectivity index is 1.52. The lowest BCUT2D eigenvalue weighted by atomic mass is 10.1. The van der Waals surface area contributed by atoms with Gasteiger partial charge in [-0.1, -0.05) is 26.0 Å². The number of urea groups is 1. The highest BCUT2D eigenvalue weighted by Gasteiger charge is 2.38. The molecule has 3 N–H and O–H groups in total. The van der Waals surface area contributed by atoms with Crippen molar-refractivity contribution in [3.8, 4) is 0 Å². The van der Waals surface area contributed by atoms with Gasteiger partial charge in [0.15, 0.2) is 0 Å². The number of nitrogens with one attached hydrogen (secondary N) is 3. The number of carbonyl (C=O) groups excluding carboxylic acids is 3. The average molecular weight is 402 g/mol. The summed E-state index contributed by atoms with van der Waals surface area (Å²) >= 11 is 0. The number of halogens is 1. The summed E-state index contributed by atoms with van der Waals surface area (Å²) in [7, 11) is 0. The van der Waals surface area contributed by atoms with E-state index in [0.717, 1.165) is 4.90 Å². The van der Waals surface area contributed by atoms with Crippen molar-refractivity contribution in [1.29, 1.82) is 0 Å². The largest absolute Gasteiger partial charge is 0.325 e. The molecule has 4 amide bonds. The van der Waals surface area contributed by atoms with E-state index in [1.165, 1.54) is 12.1 Å². The minimum Gasteiger partial charge on any atom is -0.325 e. The third kappa shape index (κ3) is 5.37. The van der Waals surface area contributed by atoms with Crippen LogP contribution in [-0.4, -0.2) is 50.5 Å². The summed E-state index contributed by atoms with van der Waals surface area (Å²) in [5.41, 5.74) is 0.675. The first kappa shape index (κ1) is 20.4. The summed E-state index contributed by atoms with van der Waals surface area (Å²) in [6, 6.07) is 4.45. The van der Waals surface area contributed by atoms with Gasteiger partial charge in [-0.2, -0.15) is 4.98 Å². The van der Waals surface area contributed by atoms with Crippen LogP contribution in [0.5, 0.6) is 0 Å². The van der Waals surface area contributed by atoms with Crippen LogP contribution < -0.4 is 10.6 Å². The SMILES string of the molecule is CC(C)Cc1nc(NC(=O)CC2NC(=O)N(CCc3cccc(F)c3)C2=O)n[nH]1. The second kappa shape index (κ2) is 8.80. The zero-order chi connectivity index (χ0) is 21.0. The summed E-state index contributed by atoms with van der Waals surface area (Å²) in [6.07, 6.45) is 0.793. The van der Waals surface area contributed by atoms with Gasteiger partial charge in [-0.25, -0.2) is 9.18 Å². The van der Waals surface area contributed by atoms with Crippen molar-refractivity contribution in [2.24, 2.45) is 5.92 Å². The molecule has 1 unspecified atom stereocenters. The predicted octanol–water partition coefficient (Wildman–Crippen LogP) is 1.63. The van der Waals surface area contributed by atoms with E-state index in [1.54, 1.807) is 12.1 Å². The standard InChI is InChI=1S/C19H23FN6O3/c1-11(2)8-15-22-18(25-24-15)23-16(27)10-14-17(28)26(19(29)21-14)7-6-12-4-3-5-13(20)9-12/h3-5,9,11,14H,6-8,10H2,1-2H3,(H,21,29)(H2,22,23,24,25,27). The van der Waals surface area contributed by atoms with E-state index in [2.05, 4.69) is 25.8 Å². The van der Waals surface area contributed by atoms with Crippen LogP contribution in [0.4, 0.5) is 15.1 Å². The molecule has 1 fully saturated rings. The smallest absolute Gasteiger partial charge is 0.324 e. The molecule has 1 aromatic carbocycles. The Hall–Kier alpha value is -3.30. The number of anilines is 1. The Morgan fingerprint density at radius 3 is 2.86 bits per heavy atom. The van der Waals surface area contributed by atoms with Crippen molar-refractivity contribution < 1.29 is 18.8 Å². The van der Waals surface area contributed by atoms with Gasteiger partial charge in [-0.3, -0.25) is 24.9 Å². The number of aromatic nitrogens is 3. The molecule has 154 valence electrons. The van der Waals surface area contributed by atoms with Gasteiger partial charge in [-0.05, 0) is 30.0 Å². The summed E-state index contributed by atoms with van der Waals surface area (Å²) in [5.74, 6) is -0.175. The van der Waals surface area contributed by atoms with Gasteiger partial charge in [0, 0.05) is 13.0 Å². The second-order valence-corrected chi connectivity index (χ2v) is 7.33. The first-order valence-corrected chi connectivity index (χ1v) is 9.39. The fourth-order valence-electron chi connectivity index (χ4n) is 3.05. The van der Waals surface area contributed by atoms with Crippen molar-refractivity contribution in [1.82, 2.24) is 25.4 Å². The second-order valence-electron chi connectivity index (χ2n) is 7.33. The molecule has 0 radical (unpaired) electrons. The summed E-state index contributed by atoms with van der Waals surface area (Å²) < 4.78 is 13.3. The van der Waals surface area contributed by atoms with E-state index in [0.29, 0.717) is 30.1 Å². The van der Waals surface area contributed by atoms with Crippen molar-refractivity contribution in [2.75, 3.05) is 11.9 Å². The van der Waals surface area contributed by atoms with Gasteiger partial charge >= 0.3 is 6.03 Å². The van der Waals surface area contributed by atoms with Crippen molar-refractivity contribution in [2.45, 2.75) is 39.2 Å². The van der Waals surface area contributed by atoms with Gasteiger partial charge in [0.05, 0.1) is 6.42 Å². The molecular weight excluding hydrogens is 379 g/mol. The van der Waals surface area contributed by atoms with Crippen LogP contribution in [0.25, 0.3) is 0 Å². The highest BCUT2D eigenvalue weighted by molar-refractivity contribution is 6.06. The van der Waals surface area contributed by atoms with E-state index < -0.39 is 23.9 Å². The molecule has 9 nitrogen and oxygen atoms in total. The molecule has 1 aromatic heterocycles. The fourth-order valence-corrected chi connectivity index (χ4v) is 3.05. The number of nitrogens with zero attached hydrogens (tertiary/aromatic N) is 3. The van der Waals surface area contributed by atoms with Crippen LogP contribution in [0.15, 0.2) is 24.3 Å². The van der Waals surface area contributed by atoms with Crippen LogP contribution in [-0.2, 0) is 22.4 Å². The maximum atomic E-state index is 13.3. The summed E-state index contributed by atoms with van der Waals surface area (Å²) in [5, 5.41) is 11.7.